The number of hydrogen-bond donors (Lipinski definition) is 2. The number of alkyl halides is 1. The Morgan fingerprint density at radius 1 is 1.13 bits per heavy atom. The van der Waals surface area contributed by atoms with E-state index < -0.39 is 0 Å². The van der Waals surface area contributed by atoms with E-state index in [4.69, 9.17) is 22.1 Å². The molecular weight excluding hydrogens is 314 g/mol. The molecule has 0 saturated heterocycles. The Kier molecular flexibility index (Phi) is 5.60. The van der Waals surface area contributed by atoms with Gasteiger partial charge in [0.05, 0.1) is 11.4 Å². The number of aromatic nitrogens is 3. The molecule has 1 aromatic heterocycles. The molecule has 2 unspecified atom stereocenters. The highest BCUT2D eigenvalue weighted by Crippen LogP contribution is 2.18. The van der Waals surface area contributed by atoms with Crippen molar-refractivity contribution < 1.29 is 4.74 Å². The third-order valence-electron chi connectivity index (χ3n) is 3.10. The highest BCUT2D eigenvalue weighted by atomic mass is 35.5. The Balaban J connectivity index is 1.98. The lowest BCUT2D eigenvalue weighted by Crippen LogP contribution is -2.25. The van der Waals surface area contributed by atoms with Crippen molar-refractivity contribution in [2.45, 2.75) is 39.1 Å². The van der Waals surface area contributed by atoms with Crippen LogP contribution in [0.3, 0.4) is 0 Å². The molecular formula is C16H22ClN5O. The van der Waals surface area contributed by atoms with Gasteiger partial charge in [0.2, 0.25) is 11.9 Å². The first kappa shape index (κ1) is 17.3. The zero-order chi connectivity index (χ0) is 17.0. The Bertz CT molecular complexity index is 657. The van der Waals surface area contributed by atoms with Crippen molar-refractivity contribution in [2.75, 3.05) is 17.7 Å². The summed E-state index contributed by atoms with van der Waals surface area (Å²) in [5, 5.41) is 2.82. The molecule has 0 amide bonds. The van der Waals surface area contributed by atoms with Gasteiger partial charge in [0.15, 0.2) is 5.82 Å². The fourth-order valence-electron chi connectivity index (χ4n) is 2.15. The minimum absolute atomic E-state index is 0.00361. The number of halogens is 1. The molecule has 0 radical (unpaired) electrons. The molecule has 7 heteroatoms. The lowest BCUT2D eigenvalue weighted by Gasteiger charge is -2.16. The summed E-state index contributed by atoms with van der Waals surface area (Å²) in [7, 11) is 0. The van der Waals surface area contributed by atoms with E-state index in [0.717, 1.165) is 5.75 Å². The third-order valence-corrected chi connectivity index (χ3v) is 3.29. The van der Waals surface area contributed by atoms with Crippen molar-refractivity contribution in [1.29, 1.82) is 0 Å². The minimum Gasteiger partial charge on any atom is -0.491 e. The Hall–Kier alpha value is -2.08. The van der Waals surface area contributed by atoms with Gasteiger partial charge in [-0.2, -0.15) is 15.0 Å². The number of rotatable bonds is 6. The van der Waals surface area contributed by atoms with Crippen LogP contribution in [0.4, 0.5) is 11.9 Å². The first-order chi connectivity index (χ1) is 10.8. The van der Waals surface area contributed by atoms with E-state index in [-0.39, 0.29) is 17.4 Å². The Labute approximate surface area is 141 Å². The maximum absolute atomic E-state index is 5.99. The maximum atomic E-state index is 5.99. The smallest absolute Gasteiger partial charge is 0.228 e. The molecule has 3 N–H and O–H groups in total. The quantitative estimate of drug-likeness (QED) is 0.788. The van der Waals surface area contributed by atoms with Crippen LogP contribution in [0.25, 0.3) is 0 Å². The molecule has 1 heterocycles. The van der Waals surface area contributed by atoms with Crippen molar-refractivity contribution in [3.05, 3.63) is 35.2 Å². The maximum Gasteiger partial charge on any atom is 0.228 e. The number of nitrogens with two attached hydrogens (primary N) is 1. The van der Waals surface area contributed by atoms with Crippen LogP contribution >= 0.6 is 11.6 Å². The van der Waals surface area contributed by atoms with Crippen LogP contribution < -0.4 is 15.8 Å². The average molecular weight is 336 g/mol. The third kappa shape index (κ3) is 5.25. The van der Waals surface area contributed by atoms with Crippen molar-refractivity contribution in [3.8, 4) is 5.75 Å². The Morgan fingerprint density at radius 3 is 2.39 bits per heavy atom. The fourth-order valence-corrected chi connectivity index (χ4v) is 2.25. The van der Waals surface area contributed by atoms with Crippen LogP contribution in [0.15, 0.2) is 18.2 Å². The number of anilines is 2. The van der Waals surface area contributed by atoms with Gasteiger partial charge >= 0.3 is 0 Å². The highest BCUT2D eigenvalue weighted by molar-refractivity contribution is 6.20. The molecule has 124 valence electrons. The second-order valence-electron chi connectivity index (χ2n) is 5.67. The largest absolute Gasteiger partial charge is 0.491 e. The first-order valence-corrected chi connectivity index (χ1v) is 7.90. The molecule has 23 heavy (non-hydrogen) atoms. The standard InChI is InChI=1S/C16H22ClN5O/c1-9-5-10(2)7-13(6-9)23-8-11(3)19-16-21-14(12(4)17)20-15(18)22-16/h5-7,11-12H,8H2,1-4H3,(H3,18,19,20,21,22). The van der Waals surface area contributed by atoms with E-state index in [9.17, 15) is 0 Å². The molecule has 0 spiro atoms. The normalized spacial score (nSPS) is 13.4. The van der Waals surface area contributed by atoms with Gasteiger partial charge in [-0.1, -0.05) is 6.07 Å². The van der Waals surface area contributed by atoms with Gasteiger partial charge in [-0.3, -0.25) is 0 Å². The number of hydrogen-bond acceptors (Lipinski definition) is 6. The topological polar surface area (TPSA) is 86.0 Å². The van der Waals surface area contributed by atoms with Gasteiger partial charge in [-0.15, -0.1) is 11.6 Å². The average Bonchev–Trinajstić information content (AvgIpc) is 2.43. The lowest BCUT2D eigenvalue weighted by molar-refractivity contribution is 0.303. The number of ether oxygens (including phenoxy) is 1. The summed E-state index contributed by atoms with van der Waals surface area (Å²) in [6, 6.07) is 6.12. The molecule has 6 nitrogen and oxygen atoms in total. The summed E-state index contributed by atoms with van der Waals surface area (Å²) < 4.78 is 5.82. The highest BCUT2D eigenvalue weighted by Gasteiger charge is 2.11. The van der Waals surface area contributed by atoms with Gasteiger partial charge in [0.1, 0.15) is 12.4 Å². The number of nitrogens with one attached hydrogen (secondary N) is 1. The Morgan fingerprint density at radius 2 is 1.78 bits per heavy atom. The molecule has 0 aliphatic heterocycles. The lowest BCUT2D eigenvalue weighted by atomic mass is 10.1. The molecule has 0 fully saturated rings. The van der Waals surface area contributed by atoms with Gasteiger partial charge in [0, 0.05) is 0 Å². The first-order valence-electron chi connectivity index (χ1n) is 7.46. The second-order valence-corrected chi connectivity index (χ2v) is 6.33. The molecule has 2 aromatic rings. The van der Waals surface area contributed by atoms with Crippen LogP contribution in [-0.4, -0.2) is 27.6 Å². The number of aryl methyl sites for hydroxylation is 2. The summed E-state index contributed by atoms with van der Waals surface area (Å²) in [5.74, 6) is 1.84. The van der Waals surface area contributed by atoms with Crippen LogP contribution in [-0.2, 0) is 0 Å². The predicted molar refractivity (Wildman–Crippen MR) is 93.0 cm³/mol. The number of nitrogen functional groups attached to an aromatic ring is 1. The summed E-state index contributed by atoms with van der Waals surface area (Å²) in [5.41, 5.74) is 8.02. The van der Waals surface area contributed by atoms with Crippen LogP contribution in [0.5, 0.6) is 5.75 Å². The van der Waals surface area contributed by atoms with Gasteiger partial charge in [-0.05, 0) is 51.0 Å². The van der Waals surface area contributed by atoms with Gasteiger partial charge < -0.3 is 15.8 Å². The van der Waals surface area contributed by atoms with Crippen molar-refractivity contribution >= 4 is 23.5 Å². The van der Waals surface area contributed by atoms with Gasteiger partial charge in [0.25, 0.3) is 0 Å². The molecule has 0 aliphatic rings. The van der Waals surface area contributed by atoms with E-state index in [1.165, 1.54) is 11.1 Å². The van der Waals surface area contributed by atoms with Gasteiger partial charge in [-0.25, -0.2) is 0 Å². The van der Waals surface area contributed by atoms with E-state index >= 15 is 0 Å². The summed E-state index contributed by atoms with van der Waals surface area (Å²) >= 11 is 5.99. The predicted octanol–water partition coefficient (Wildman–Crippen LogP) is 3.25. The van der Waals surface area contributed by atoms with E-state index in [1.807, 2.05) is 32.9 Å². The van der Waals surface area contributed by atoms with Crippen LogP contribution in [0, 0.1) is 13.8 Å². The zero-order valence-corrected chi connectivity index (χ0v) is 14.6. The van der Waals surface area contributed by atoms with Crippen molar-refractivity contribution in [1.82, 2.24) is 15.0 Å². The summed E-state index contributed by atoms with van der Waals surface area (Å²) in [4.78, 5) is 12.3. The van der Waals surface area contributed by atoms with E-state index in [1.54, 1.807) is 6.92 Å². The molecule has 1 aromatic carbocycles. The van der Waals surface area contributed by atoms with E-state index in [0.29, 0.717) is 18.4 Å². The summed E-state index contributed by atoms with van der Waals surface area (Å²) in [6.07, 6.45) is 0. The number of nitrogens with zero attached hydrogens (tertiary/aromatic N) is 3. The van der Waals surface area contributed by atoms with Crippen LogP contribution in [0.2, 0.25) is 0 Å². The molecule has 0 saturated carbocycles. The monoisotopic (exact) mass is 335 g/mol. The minimum atomic E-state index is -0.331. The van der Waals surface area contributed by atoms with Crippen molar-refractivity contribution in [3.63, 3.8) is 0 Å². The van der Waals surface area contributed by atoms with Crippen LogP contribution in [0.1, 0.15) is 36.2 Å². The fraction of sp³-hybridized carbons (Fsp3) is 0.438. The zero-order valence-electron chi connectivity index (χ0n) is 13.8. The second kappa shape index (κ2) is 7.46. The molecule has 0 aliphatic carbocycles. The van der Waals surface area contributed by atoms with Crippen molar-refractivity contribution in [2.24, 2.45) is 0 Å². The molecule has 2 atom stereocenters. The SMILES string of the molecule is Cc1cc(C)cc(OCC(C)Nc2nc(N)nc(C(C)Cl)n2)c1. The summed E-state index contributed by atoms with van der Waals surface area (Å²) in [6.45, 7) is 8.33. The van der Waals surface area contributed by atoms with E-state index in [2.05, 4.69) is 26.3 Å². The molecule has 2 rings (SSSR count). The molecule has 0 bridgehead atoms. The number of benzene rings is 1.